The van der Waals surface area contributed by atoms with Crippen molar-refractivity contribution in [2.24, 2.45) is 7.05 Å². The van der Waals surface area contributed by atoms with Crippen molar-refractivity contribution in [2.75, 3.05) is 12.9 Å². The second kappa shape index (κ2) is 12.2. The topological polar surface area (TPSA) is 235 Å². The number of aliphatic carboxylic acids is 1. The number of carboxylic acids is 1. The van der Waals surface area contributed by atoms with E-state index in [2.05, 4.69) is 36.1 Å². The fourth-order valence-corrected chi connectivity index (χ4v) is 6.94. The molecular formula is C28H23N9O8S2. The summed E-state index contributed by atoms with van der Waals surface area (Å²) < 4.78 is 6.36. The summed E-state index contributed by atoms with van der Waals surface area (Å²) in [6.07, 6.45) is 1.18. The lowest BCUT2D eigenvalue weighted by Crippen LogP contribution is -2.71. The largest absolute Gasteiger partial charge is 0.508 e. The van der Waals surface area contributed by atoms with Crippen LogP contribution in [0.4, 0.5) is 0 Å². The number of aromatic nitrogens is 6. The lowest BCUT2D eigenvalue weighted by molar-refractivity contribution is -0.150. The molecule has 1 aromatic carbocycles. The zero-order chi connectivity index (χ0) is 33.6. The van der Waals surface area contributed by atoms with Gasteiger partial charge in [-0.3, -0.25) is 24.1 Å². The highest BCUT2D eigenvalue weighted by molar-refractivity contribution is 8.00. The van der Waals surface area contributed by atoms with E-state index in [9.17, 15) is 34.2 Å². The number of benzene rings is 1. The third kappa shape index (κ3) is 5.54. The summed E-state index contributed by atoms with van der Waals surface area (Å²) >= 11 is 6.63. The zero-order valence-corrected chi connectivity index (χ0v) is 26.0. The van der Waals surface area contributed by atoms with E-state index in [1.165, 1.54) is 67.1 Å². The first-order valence-electron chi connectivity index (χ1n) is 13.6. The Kier molecular flexibility index (Phi) is 8.16. The van der Waals surface area contributed by atoms with Crippen molar-refractivity contribution in [2.45, 2.75) is 17.5 Å². The molecule has 17 nitrogen and oxygen atoms in total. The van der Waals surface area contributed by atoms with E-state index in [1.807, 2.05) is 0 Å². The Bertz CT molecular complexity index is 2100. The highest BCUT2D eigenvalue weighted by Gasteiger charge is 2.55. The predicted molar refractivity (Wildman–Crippen MR) is 167 cm³/mol. The molecule has 2 aliphatic rings. The Labute approximate surface area is 273 Å². The second-order valence-electron chi connectivity index (χ2n) is 10.3. The third-order valence-corrected chi connectivity index (χ3v) is 9.17. The second-order valence-corrected chi connectivity index (χ2v) is 11.8. The van der Waals surface area contributed by atoms with Crippen LogP contribution in [-0.4, -0.2) is 98.1 Å². The van der Waals surface area contributed by atoms with E-state index >= 15 is 0 Å². The summed E-state index contributed by atoms with van der Waals surface area (Å²) in [7, 11) is 2.91. The van der Waals surface area contributed by atoms with Gasteiger partial charge in [0.15, 0.2) is 5.82 Å². The number of hydrogen-bond donors (Lipinski definition) is 5. The first-order valence-corrected chi connectivity index (χ1v) is 15.1. The molecule has 19 heteroatoms. The van der Waals surface area contributed by atoms with Gasteiger partial charge in [-0.05, 0) is 34.2 Å². The Hall–Kier alpha value is -5.69. The van der Waals surface area contributed by atoms with E-state index in [0.29, 0.717) is 5.52 Å². The number of nitrogens with zero attached hydrogens (tertiary/aromatic N) is 6. The number of thioether (sulfide) groups is 1. The minimum Gasteiger partial charge on any atom is -0.508 e. The molecule has 5 heterocycles. The summed E-state index contributed by atoms with van der Waals surface area (Å²) in [5.74, 6) is -3.76. The molecule has 0 aliphatic carbocycles. The van der Waals surface area contributed by atoms with Gasteiger partial charge in [0.25, 0.3) is 11.8 Å². The number of β-lactam (4-membered cyclic amide) rings is 1. The van der Waals surface area contributed by atoms with E-state index in [-0.39, 0.29) is 56.0 Å². The molecule has 3 amide bonds. The lowest BCUT2D eigenvalue weighted by atomic mass is 9.99. The molecule has 3 atom stereocenters. The van der Waals surface area contributed by atoms with Gasteiger partial charge in [0, 0.05) is 30.6 Å². The molecule has 0 bridgehead atoms. The van der Waals surface area contributed by atoms with Crippen molar-refractivity contribution in [3.8, 4) is 11.6 Å². The number of hydrogen-bond acceptors (Lipinski definition) is 13. The van der Waals surface area contributed by atoms with Crippen molar-refractivity contribution < 1.29 is 34.1 Å². The number of pyridine rings is 2. The molecule has 4 aromatic rings. The molecule has 0 saturated carbocycles. The van der Waals surface area contributed by atoms with Crippen molar-refractivity contribution in [3.63, 3.8) is 0 Å². The summed E-state index contributed by atoms with van der Waals surface area (Å²) in [6.45, 7) is 0. The number of thiocarbonyl (C=S) groups is 1. The van der Waals surface area contributed by atoms with Crippen LogP contribution < -0.4 is 20.8 Å². The Balaban J connectivity index is 1.27. The molecule has 3 aromatic heterocycles. The molecular weight excluding hydrogens is 654 g/mol. The van der Waals surface area contributed by atoms with E-state index in [1.54, 1.807) is 6.07 Å². The molecule has 240 valence electrons. The van der Waals surface area contributed by atoms with Gasteiger partial charge in [0.1, 0.15) is 40.0 Å². The first kappa shape index (κ1) is 31.3. The number of amides is 3. The minimum absolute atomic E-state index is 0.0603. The zero-order valence-electron chi connectivity index (χ0n) is 24.3. The number of methoxy groups -OCH3 is 1. The number of rotatable bonds is 9. The van der Waals surface area contributed by atoms with E-state index in [4.69, 9.17) is 17.0 Å². The SMILES string of the molecule is COc1ccc2[nH]cc(C(=O)NC(C(=O)NC3C(=O)N4C(C(=O)O)=C(C(=S)c5nnnn5C)CS[C@@H]34)c3cccc(O)c3)c(=O)c2n1. The van der Waals surface area contributed by atoms with Crippen LogP contribution in [0.15, 0.2) is 58.7 Å². The number of phenolic OH excluding ortho intramolecular Hbond substituents is 1. The molecule has 2 unspecified atom stereocenters. The van der Waals surface area contributed by atoms with E-state index < -0.39 is 46.6 Å². The number of aromatic hydroxyl groups is 1. The monoisotopic (exact) mass is 677 g/mol. The number of ether oxygens (including phenoxy) is 1. The average Bonchev–Trinajstić information content (AvgIpc) is 3.50. The van der Waals surface area contributed by atoms with Crippen LogP contribution in [0.5, 0.6) is 11.6 Å². The van der Waals surface area contributed by atoms with Crippen molar-refractivity contribution in [1.82, 2.24) is 45.7 Å². The van der Waals surface area contributed by atoms with Gasteiger partial charge in [-0.2, -0.15) is 0 Å². The fourth-order valence-electron chi connectivity index (χ4n) is 5.16. The number of H-pyrrole nitrogens is 1. The number of carbonyl (C=O) groups excluding carboxylic acids is 3. The number of aryl methyl sites for hydroxylation is 1. The Morgan fingerprint density at radius 3 is 2.68 bits per heavy atom. The summed E-state index contributed by atoms with van der Waals surface area (Å²) in [6, 6.07) is 5.95. The molecule has 1 saturated heterocycles. The number of phenols is 1. The molecule has 0 spiro atoms. The van der Waals surface area contributed by atoms with Crippen LogP contribution in [0.25, 0.3) is 11.0 Å². The number of aromatic amines is 1. The van der Waals surface area contributed by atoms with Crippen molar-refractivity contribution >= 4 is 63.6 Å². The summed E-state index contributed by atoms with van der Waals surface area (Å²) in [4.78, 5) is 74.1. The Morgan fingerprint density at radius 1 is 1.21 bits per heavy atom. The maximum atomic E-state index is 13.7. The predicted octanol–water partition coefficient (Wildman–Crippen LogP) is -0.211. The maximum absolute atomic E-state index is 13.7. The highest BCUT2D eigenvalue weighted by atomic mass is 32.2. The van der Waals surface area contributed by atoms with Gasteiger partial charge in [-0.15, -0.1) is 16.9 Å². The smallest absolute Gasteiger partial charge is 0.353 e. The van der Waals surface area contributed by atoms with Crippen molar-refractivity contribution in [3.05, 3.63) is 81.0 Å². The molecule has 6 rings (SSSR count). The summed E-state index contributed by atoms with van der Waals surface area (Å²) in [5, 5.41) is 35.5. The highest BCUT2D eigenvalue weighted by Crippen LogP contribution is 2.41. The lowest BCUT2D eigenvalue weighted by Gasteiger charge is -2.49. The van der Waals surface area contributed by atoms with Crippen LogP contribution in [-0.2, 0) is 21.4 Å². The molecule has 2 aliphatic heterocycles. The number of nitrogens with one attached hydrogen (secondary N) is 3. The van der Waals surface area contributed by atoms with Gasteiger partial charge in [0.05, 0.1) is 17.5 Å². The van der Waals surface area contributed by atoms with Crippen LogP contribution in [0.3, 0.4) is 0 Å². The third-order valence-electron chi connectivity index (χ3n) is 7.46. The molecule has 1 fully saturated rings. The van der Waals surface area contributed by atoms with Crippen molar-refractivity contribution in [1.29, 1.82) is 0 Å². The van der Waals surface area contributed by atoms with Gasteiger partial charge < -0.3 is 30.6 Å². The van der Waals surface area contributed by atoms with Crippen LogP contribution in [0.2, 0.25) is 0 Å². The molecule has 47 heavy (non-hydrogen) atoms. The summed E-state index contributed by atoms with van der Waals surface area (Å²) in [5.41, 5.74) is -0.849. The van der Waals surface area contributed by atoms with E-state index in [0.717, 1.165) is 4.90 Å². The van der Waals surface area contributed by atoms with Crippen LogP contribution in [0.1, 0.15) is 27.8 Å². The quantitative estimate of drug-likeness (QED) is 0.0876. The standard InChI is InChI=1S/C28H23N9O8S2/c1-36-23(33-34-35-36)22(46)14-10-47-27-19(26(42)37(27)20(14)28(43)44)32-25(41)17(11-4-3-5-12(38)8-11)31-24(40)13-9-29-15-6-7-16(45-2)30-18(15)21(13)39/h3-9,17,19,27,38H,10H2,1-2H3,(H,29,39)(H,31,40)(H,32,41)(H,43,44)/t17?,19?,27-/m0/s1. The average molecular weight is 678 g/mol. The number of tetrazole rings is 1. The number of carbonyl (C=O) groups is 4. The molecule has 0 radical (unpaired) electrons. The minimum atomic E-state index is -1.49. The van der Waals surface area contributed by atoms with Gasteiger partial charge in [0.2, 0.25) is 17.2 Å². The van der Waals surface area contributed by atoms with Crippen LogP contribution in [0, 0.1) is 0 Å². The normalized spacial score (nSPS) is 17.8. The van der Waals surface area contributed by atoms with Crippen LogP contribution >= 0.6 is 24.0 Å². The van der Waals surface area contributed by atoms with Gasteiger partial charge in [-0.25, -0.2) is 14.5 Å². The number of fused-ring (bicyclic) bond motifs is 2. The number of carboxylic acid groups (broad SMARTS) is 1. The maximum Gasteiger partial charge on any atom is 0.353 e. The fraction of sp³-hybridized carbons (Fsp3) is 0.214. The Morgan fingerprint density at radius 2 is 2.00 bits per heavy atom. The first-order chi connectivity index (χ1) is 22.5. The molecule has 5 N–H and O–H groups in total. The van der Waals surface area contributed by atoms with Gasteiger partial charge in [-0.1, -0.05) is 24.4 Å². The van der Waals surface area contributed by atoms with Gasteiger partial charge >= 0.3 is 5.97 Å².